The minimum absolute atomic E-state index is 0.156. The maximum absolute atomic E-state index is 6.50. The van der Waals surface area contributed by atoms with Crippen molar-refractivity contribution < 1.29 is 4.74 Å². The van der Waals surface area contributed by atoms with Gasteiger partial charge >= 0.3 is 0 Å². The third-order valence-electron chi connectivity index (χ3n) is 2.66. The fourth-order valence-electron chi connectivity index (χ4n) is 1.76. The molecule has 2 aromatic rings. The van der Waals surface area contributed by atoms with Crippen molar-refractivity contribution in [1.82, 2.24) is 0 Å². The molecule has 0 heterocycles. The molecule has 94 valence electrons. The Morgan fingerprint density at radius 3 is 2.39 bits per heavy atom. The van der Waals surface area contributed by atoms with Crippen LogP contribution in [0.25, 0.3) is 0 Å². The lowest BCUT2D eigenvalue weighted by atomic mass is 10.0. The van der Waals surface area contributed by atoms with Crippen LogP contribution < -0.4 is 4.74 Å². The first-order valence-electron chi connectivity index (χ1n) is 5.83. The minimum atomic E-state index is -0.156. The highest BCUT2D eigenvalue weighted by atomic mass is 79.9. The zero-order valence-electron chi connectivity index (χ0n) is 10.1. The Labute approximate surface area is 121 Å². The number of ether oxygens (including phenoxy) is 1. The van der Waals surface area contributed by atoms with Crippen LogP contribution in [0.3, 0.4) is 0 Å². The first-order chi connectivity index (χ1) is 8.72. The van der Waals surface area contributed by atoms with Gasteiger partial charge in [-0.05, 0) is 36.2 Å². The zero-order valence-corrected chi connectivity index (χ0v) is 12.4. The summed E-state index contributed by atoms with van der Waals surface area (Å²) < 4.78 is 6.44. The average Bonchev–Trinajstić information content (AvgIpc) is 2.40. The van der Waals surface area contributed by atoms with Crippen molar-refractivity contribution in [2.75, 3.05) is 6.61 Å². The minimum Gasteiger partial charge on any atom is -0.494 e. The highest BCUT2D eigenvalue weighted by Gasteiger charge is 2.13. The summed E-state index contributed by atoms with van der Waals surface area (Å²) in [5.41, 5.74) is 2.13. The van der Waals surface area contributed by atoms with Crippen molar-refractivity contribution in [3.8, 4) is 5.75 Å². The molecule has 0 aliphatic rings. The molecule has 0 aromatic heterocycles. The van der Waals surface area contributed by atoms with Gasteiger partial charge in [0.05, 0.1) is 12.0 Å². The second-order valence-electron chi connectivity index (χ2n) is 3.89. The van der Waals surface area contributed by atoms with E-state index in [-0.39, 0.29) is 5.38 Å². The van der Waals surface area contributed by atoms with E-state index in [1.54, 1.807) is 0 Å². The lowest BCUT2D eigenvalue weighted by Crippen LogP contribution is -1.95. The van der Waals surface area contributed by atoms with Crippen LogP contribution in [0.1, 0.15) is 23.4 Å². The van der Waals surface area contributed by atoms with E-state index in [1.807, 2.05) is 55.5 Å². The third kappa shape index (κ3) is 3.06. The summed E-state index contributed by atoms with van der Waals surface area (Å²) >= 11 is 10.0. The molecule has 0 radical (unpaired) electrons. The molecule has 18 heavy (non-hydrogen) atoms. The molecular weight excluding hydrogens is 312 g/mol. The summed E-state index contributed by atoms with van der Waals surface area (Å²) in [7, 11) is 0. The molecule has 3 heteroatoms. The van der Waals surface area contributed by atoms with Crippen molar-refractivity contribution in [2.45, 2.75) is 12.3 Å². The topological polar surface area (TPSA) is 9.23 Å². The summed E-state index contributed by atoms with van der Waals surface area (Å²) in [6.07, 6.45) is 0. The molecule has 1 unspecified atom stereocenters. The second kappa shape index (κ2) is 6.26. The van der Waals surface area contributed by atoms with Crippen LogP contribution in [-0.2, 0) is 0 Å². The van der Waals surface area contributed by atoms with E-state index in [2.05, 4.69) is 15.9 Å². The molecule has 0 amide bonds. The molecular formula is C15H14BrClO. The average molecular weight is 326 g/mol. The predicted molar refractivity (Wildman–Crippen MR) is 79.4 cm³/mol. The van der Waals surface area contributed by atoms with Crippen LogP contribution in [0.5, 0.6) is 5.75 Å². The van der Waals surface area contributed by atoms with Crippen LogP contribution in [0.4, 0.5) is 0 Å². The summed E-state index contributed by atoms with van der Waals surface area (Å²) in [5.74, 6) is 0.872. The standard InChI is InChI=1S/C15H14BrClO/c1-2-18-12-9-7-11(8-10-12)15(17)13-5-3-4-6-14(13)16/h3-10,15H,2H2,1H3. The molecule has 0 aliphatic heterocycles. The Morgan fingerprint density at radius 2 is 1.78 bits per heavy atom. The van der Waals surface area contributed by atoms with Gasteiger partial charge in [-0.25, -0.2) is 0 Å². The highest BCUT2D eigenvalue weighted by Crippen LogP contribution is 2.34. The first kappa shape index (κ1) is 13.4. The van der Waals surface area contributed by atoms with Crippen LogP contribution in [0, 0.1) is 0 Å². The summed E-state index contributed by atoms with van der Waals surface area (Å²) in [6, 6.07) is 15.9. The van der Waals surface area contributed by atoms with Crippen LogP contribution >= 0.6 is 27.5 Å². The van der Waals surface area contributed by atoms with Crippen molar-refractivity contribution in [1.29, 1.82) is 0 Å². The second-order valence-corrected chi connectivity index (χ2v) is 5.18. The normalized spacial score (nSPS) is 12.2. The third-order valence-corrected chi connectivity index (χ3v) is 3.87. The van der Waals surface area contributed by atoms with Crippen molar-refractivity contribution in [3.05, 3.63) is 64.1 Å². The van der Waals surface area contributed by atoms with Gasteiger partial charge in [0.1, 0.15) is 5.75 Å². The molecule has 0 spiro atoms. The van der Waals surface area contributed by atoms with E-state index in [1.165, 1.54) is 0 Å². The quantitative estimate of drug-likeness (QED) is 0.704. The summed E-state index contributed by atoms with van der Waals surface area (Å²) in [4.78, 5) is 0. The number of hydrogen-bond acceptors (Lipinski definition) is 1. The molecule has 0 saturated heterocycles. The van der Waals surface area contributed by atoms with Gasteiger partial charge in [0.15, 0.2) is 0 Å². The molecule has 2 aromatic carbocycles. The van der Waals surface area contributed by atoms with Gasteiger partial charge in [-0.3, -0.25) is 0 Å². The highest BCUT2D eigenvalue weighted by molar-refractivity contribution is 9.10. The zero-order chi connectivity index (χ0) is 13.0. The molecule has 2 rings (SSSR count). The van der Waals surface area contributed by atoms with Crippen molar-refractivity contribution in [3.63, 3.8) is 0 Å². The largest absolute Gasteiger partial charge is 0.494 e. The summed E-state index contributed by atoms with van der Waals surface area (Å²) in [6.45, 7) is 2.65. The van der Waals surface area contributed by atoms with Gasteiger partial charge in [0.25, 0.3) is 0 Å². The van der Waals surface area contributed by atoms with E-state index in [0.29, 0.717) is 6.61 Å². The van der Waals surface area contributed by atoms with Crippen LogP contribution in [0.15, 0.2) is 53.0 Å². The molecule has 1 atom stereocenters. The maximum atomic E-state index is 6.50. The lowest BCUT2D eigenvalue weighted by Gasteiger charge is -2.13. The van der Waals surface area contributed by atoms with E-state index in [9.17, 15) is 0 Å². The Bertz CT molecular complexity index is 510. The SMILES string of the molecule is CCOc1ccc(C(Cl)c2ccccc2Br)cc1. The van der Waals surface area contributed by atoms with Crippen molar-refractivity contribution >= 4 is 27.5 Å². The van der Waals surface area contributed by atoms with Crippen molar-refractivity contribution in [2.24, 2.45) is 0 Å². The Hall–Kier alpha value is -0.990. The van der Waals surface area contributed by atoms with Gasteiger partial charge < -0.3 is 4.74 Å². The fourth-order valence-corrected chi connectivity index (χ4v) is 2.74. The number of alkyl halides is 1. The molecule has 0 N–H and O–H groups in total. The number of rotatable bonds is 4. The van der Waals surface area contributed by atoms with Gasteiger partial charge in [0, 0.05) is 4.47 Å². The lowest BCUT2D eigenvalue weighted by molar-refractivity contribution is 0.340. The monoisotopic (exact) mass is 324 g/mol. The molecule has 1 nitrogen and oxygen atoms in total. The molecule has 0 fully saturated rings. The Balaban J connectivity index is 2.23. The van der Waals surface area contributed by atoms with Gasteiger partial charge in [-0.1, -0.05) is 46.3 Å². The Morgan fingerprint density at radius 1 is 1.11 bits per heavy atom. The van der Waals surface area contributed by atoms with E-state index < -0.39 is 0 Å². The van der Waals surface area contributed by atoms with Crippen LogP contribution in [-0.4, -0.2) is 6.61 Å². The molecule has 0 bridgehead atoms. The molecule has 0 aliphatic carbocycles. The first-order valence-corrected chi connectivity index (χ1v) is 7.06. The number of benzene rings is 2. The maximum Gasteiger partial charge on any atom is 0.119 e. The number of hydrogen-bond donors (Lipinski definition) is 0. The number of halogens is 2. The fraction of sp³-hybridized carbons (Fsp3) is 0.200. The van der Waals surface area contributed by atoms with E-state index >= 15 is 0 Å². The smallest absolute Gasteiger partial charge is 0.119 e. The van der Waals surface area contributed by atoms with Crippen LogP contribution in [0.2, 0.25) is 0 Å². The molecule has 0 saturated carbocycles. The van der Waals surface area contributed by atoms with Gasteiger partial charge in [-0.2, -0.15) is 0 Å². The van der Waals surface area contributed by atoms with Gasteiger partial charge in [-0.15, -0.1) is 11.6 Å². The van der Waals surface area contributed by atoms with Gasteiger partial charge in [0.2, 0.25) is 0 Å². The Kier molecular flexibility index (Phi) is 4.67. The summed E-state index contributed by atoms with van der Waals surface area (Å²) in [5, 5.41) is -0.156. The predicted octanol–water partition coefficient (Wildman–Crippen LogP) is 5.18. The van der Waals surface area contributed by atoms with E-state index in [0.717, 1.165) is 21.3 Å². The van der Waals surface area contributed by atoms with E-state index in [4.69, 9.17) is 16.3 Å².